The summed E-state index contributed by atoms with van der Waals surface area (Å²) >= 11 is 0. The van der Waals surface area contributed by atoms with Gasteiger partial charge in [-0.05, 0) is 48.9 Å². The number of carbonyl (C=O) groups is 4. The van der Waals surface area contributed by atoms with Crippen LogP contribution in [0.15, 0.2) is 18.2 Å². The normalized spacial score (nSPS) is 16.6. The second kappa shape index (κ2) is 7.04. The molecule has 1 N–H and O–H groups in total. The molecule has 1 aliphatic heterocycles. The van der Waals surface area contributed by atoms with Crippen molar-refractivity contribution in [2.45, 2.75) is 39.0 Å². The number of benzene rings is 1. The molecule has 0 unspecified atom stereocenters. The molecule has 0 aromatic heterocycles. The lowest BCUT2D eigenvalue weighted by molar-refractivity contribution is -0.143. The van der Waals surface area contributed by atoms with Gasteiger partial charge in [-0.1, -0.05) is 19.4 Å². The first kappa shape index (κ1) is 17.1. The van der Waals surface area contributed by atoms with E-state index in [4.69, 9.17) is 0 Å². The summed E-state index contributed by atoms with van der Waals surface area (Å²) in [5, 5.41) is 2.70. The number of anilines is 1. The van der Waals surface area contributed by atoms with Gasteiger partial charge in [-0.25, -0.2) is 9.69 Å². The van der Waals surface area contributed by atoms with E-state index >= 15 is 0 Å². The molecular weight excluding hydrogens is 322 g/mol. The Morgan fingerprint density at radius 3 is 2.56 bits per heavy atom. The summed E-state index contributed by atoms with van der Waals surface area (Å²) in [5.74, 6) is -2.29. The van der Waals surface area contributed by atoms with Crippen molar-refractivity contribution in [3.8, 4) is 0 Å². The first-order valence-corrected chi connectivity index (χ1v) is 8.60. The van der Waals surface area contributed by atoms with Crippen LogP contribution in [0, 0.1) is 0 Å². The molecule has 132 valence electrons. The third kappa shape index (κ3) is 3.40. The number of nitrogens with zero attached hydrogens (tertiary/aromatic N) is 2. The Kier molecular flexibility index (Phi) is 4.83. The third-order valence-electron chi connectivity index (χ3n) is 4.55. The van der Waals surface area contributed by atoms with Gasteiger partial charge in [0, 0.05) is 12.2 Å². The SMILES string of the molecule is CCCCN1C(=O)C(=O)N(CC(=O)Nc2ccc3c(c2)CCC3)C1=O. The number of urea groups is 1. The molecule has 0 radical (unpaired) electrons. The molecule has 0 saturated carbocycles. The molecule has 7 nitrogen and oxygen atoms in total. The highest BCUT2D eigenvalue weighted by Crippen LogP contribution is 2.25. The van der Waals surface area contributed by atoms with Gasteiger partial charge in [0.15, 0.2) is 0 Å². The summed E-state index contributed by atoms with van der Waals surface area (Å²) in [6.45, 7) is 1.67. The van der Waals surface area contributed by atoms with Gasteiger partial charge in [0.25, 0.3) is 0 Å². The second-order valence-corrected chi connectivity index (χ2v) is 6.37. The van der Waals surface area contributed by atoms with Crippen LogP contribution in [0.5, 0.6) is 0 Å². The first-order valence-electron chi connectivity index (χ1n) is 8.60. The van der Waals surface area contributed by atoms with Crippen molar-refractivity contribution >= 4 is 29.4 Å². The van der Waals surface area contributed by atoms with Gasteiger partial charge in [-0.15, -0.1) is 0 Å². The van der Waals surface area contributed by atoms with Crippen LogP contribution < -0.4 is 5.32 Å². The smallest absolute Gasteiger partial charge is 0.325 e. The predicted octanol–water partition coefficient (Wildman–Crippen LogP) is 1.70. The van der Waals surface area contributed by atoms with E-state index in [2.05, 4.69) is 5.32 Å². The van der Waals surface area contributed by atoms with Crippen LogP contribution >= 0.6 is 0 Å². The number of amides is 5. The van der Waals surface area contributed by atoms with E-state index in [1.54, 1.807) is 0 Å². The van der Waals surface area contributed by atoms with Crippen molar-refractivity contribution in [2.24, 2.45) is 0 Å². The van der Waals surface area contributed by atoms with Crippen LogP contribution in [0.1, 0.15) is 37.3 Å². The topological polar surface area (TPSA) is 86.8 Å². The number of hydrogen-bond acceptors (Lipinski definition) is 4. The molecule has 2 aliphatic rings. The minimum absolute atomic E-state index is 0.197. The number of rotatable bonds is 6. The Balaban J connectivity index is 1.63. The molecule has 0 atom stereocenters. The quantitative estimate of drug-likeness (QED) is 0.629. The molecular formula is C18H21N3O4. The highest BCUT2D eigenvalue weighted by Gasteiger charge is 2.44. The molecule has 1 fully saturated rings. The molecule has 1 aromatic rings. The molecule has 5 amide bonds. The fourth-order valence-electron chi connectivity index (χ4n) is 3.20. The van der Waals surface area contributed by atoms with Crippen LogP contribution in [0.4, 0.5) is 10.5 Å². The molecule has 25 heavy (non-hydrogen) atoms. The largest absolute Gasteiger partial charge is 0.334 e. The van der Waals surface area contributed by atoms with E-state index in [1.807, 2.05) is 25.1 Å². The van der Waals surface area contributed by atoms with E-state index in [-0.39, 0.29) is 6.54 Å². The number of fused-ring (bicyclic) bond motifs is 1. The van der Waals surface area contributed by atoms with Gasteiger partial charge in [-0.3, -0.25) is 19.3 Å². The maximum atomic E-state index is 12.2. The Hall–Kier alpha value is -2.70. The van der Waals surface area contributed by atoms with E-state index in [0.717, 1.165) is 30.6 Å². The lowest BCUT2D eigenvalue weighted by atomic mass is 10.1. The molecule has 1 aliphatic carbocycles. The Morgan fingerprint density at radius 1 is 1.08 bits per heavy atom. The van der Waals surface area contributed by atoms with Gasteiger partial charge in [0.05, 0.1) is 0 Å². The molecule has 0 bridgehead atoms. The summed E-state index contributed by atoms with van der Waals surface area (Å²) < 4.78 is 0. The molecule has 1 saturated heterocycles. The molecule has 1 aromatic carbocycles. The minimum Gasteiger partial charge on any atom is -0.325 e. The lowest BCUT2D eigenvalue weighted by Crippen LogP contribution is -2.39. The second-order valence-electron chi connectivity index (χ2n) is 6.37. The van der Waals surface area contributed by atoms with Crippen molar-refractivity contribution in [3.05, 3.63) is 29.3 Å². The number of carbonyl (C=O) groups excluding carboxylic acids is 4. The fourth-order valence-corrected chi connectivity index (χ4v) is 3.20. The molecule has 1 heterocycles. The third-order valence-corrected chi connectivity index (χ3v) is 4.55. The van der Waals surface area contributed by atoms with Gasteiger partial charge in [0.1, 0.15) is 6.54 Å². The van der Waals surface area contributed by atoms with Crippen molar-refractivity contribution in [1.82, 2.24) is 9.80 Å². The number of nitrogens with one attached hydrogen (secondary N) is 1. The zero-order valence-electron chi connectivity index (χ0n) is 14.2. The van der Waals surface area contributed by atoms with Crippen molar-refractivity contribution < 1.29 is 19.2 Å². The number of imide groups is 2. The Labute approximate surface area is 146 Å². The zero-order chi connectivity index (χ0) is 18.0. The Bertz CT molecular complexity index is 744. The minimum atomic E-state index is -0.940. The number of hydrogen-bond donors (Lipinski definition) is 1. The predicted molar refractivity (Wildman–Crippen MR) is 90.8 cm³/mol. The monoisotopic (exact) mass is 343 g/mol. The molecule has 0 spiro atoms. The standard InChI is InChI=1S/C18H21N3O4/c1-2-3-9-20-16(23)17(24)21(18(20)25)11-15(22)19-14-8-7-12-5-4-6-13(12)10-14/h7-8,10H,2-6,9,11H2,1H3,(H,19,22). The van der Waals surface area contributed by atoms with Gasteiger partial charge < -0.3 is 5.32 Å². The summed E-state index contributed by atoms with van der Waals surface area (Å²) in [6, 6.07) is 5.01. The van der Waals surface area contributed by atoms with E-state index in [9.17, 15) is 19.2 Å². The average Bonchev–Trinajstić information content (AvgIpc) is 3.13. The first-order chi connectivity index (χ1) is 12.0. The average molecular weight is 343 g/mol. The van der Waals surface area contributed by atoms with Gasteiger partial charge in [0.2, 0.25) is 5.91 Å². The lowest BCUT2D eigenvalue weighted by Gasteiger charge is -2.15. The van der Waals surface area contributed by atoms with E-state index < -0.39 is 30.3 Å². The van der Waals surface area contributed by atoms with Crippen LogP contribution in [0.2, 0.25) is 0 Å². The fraction of sp³-hybridized carbons (Fsp3) is 0.444. The van der Waals surface area contributed by atoms with Crippen LogP contribution in [0.25, 0.3) is 0 Å². The van der Waals surface area contributed by atoms with E-state index in [0.29, 0.717) is 17.0 Å². The zero-order valence-corrected chi connectivity index (χ0v) is 14.2. The number of unbranched alkanes of at least 4 members (excludes halogenated alkanes) is 1. The van der Waals surface area contributed by atoms with E-state index in [1.165, 1.54) is 11.1 Å². The highest BCUT2D eigenvalue weighted by molar-refractivity contribution is 6.45. The summed E-state index contributed by atoms with van der Waals surface area (Å²) in [7, 11) is 0. The van der Waals surface area contributed by atoms with Gasteiger partial charge in [-0.2, -0.15) is 0 Å². The van der Waals surface area contributed by atoms with Crippen LogP contribution in [0.3, 0.4) is 0 Å². The maximum Gasteiger partial charge on any atom is 0.334 e. The molecule has 3 rings (SSSR count). The Morgan fingerprint density at radius 2 is 1.80 bits per heavy atom. The summed E-state index contributed by atoms with van der Waals surface area (Å²) in [4.78, 5) is 49.9. The summed E-state index contributed by atoms with van der Waals surface area (Å²) in [5.41, 5.74) is 3.14. The maximum absolute atomic E-state index is 12.2. The van der Waals surface area contributed by atoms with Crippen molar-refractivity contribution in [1.29, 1.82) is 0 Å². The van der Waals surface area contributed by atoms with Crippen molar-refractivity contribution in [3.63, 3.8) is 0 Å². The number of aryl methyl sites for hydroxylation is 2. The van der Waals surface area contributed by atoms with Crippen LogP contribution in [-0.4, -0.2) is 46.6 Å². The summed E-state index contributed by atoms with van der Waals surface area (Å²) in [6.07, 6.45) is 4.57. The van der Waals surface area contributed by atoms with Crippen LogP contribution in [-0.2, 0) is 27.2 Å². The van der Waals surface area contributed by atoms with Gasteiger partial charge >= 0.3 is 17.8 Å². The van der Waals surface area contributed by atoms with Crippen molar-refractivity contribution in [2.75, 3.05) is 18.4 Å². The highest BCUT2D eigenvalue weighted by atomic mass is 16.2. The molecule has 7 heteroatoms.